The number of rotatable bonds is 3. The van der Waals surface area contributed by atoms with Gasteiger partial charge in [0.25, 0.3) is 5.91 Å². The molecule has 5 nitrogen and oxygen atoms in total. The van der Waals surface area contributed by atoms with Gasteiger partial charge >= 0.3 is 0 Å². The third-order valence-electron chi connectivity index (χ3n) is 4.71. The fraction of sp³-hybridized carbons (Fsp3) is 0.474. The van der Waals surface area contributed by atoms with Crippen LogP contribution >= 0.6 is 0 Å². The standard InChI is InChI=1S/C19H24N4O/c1-14(2)18-17(12-21-13-22-18)19(24)23-10-3-4-15(7-11-23)16-5-8-20-9-6-16/h5-6,8-9,12-15H,3-4,7,10-11H2,1-2H3. The molecular weight excluding hydrogens is 300 g/mol. The number of nitrogens with zero attached hydrogens (tertiary/aromatic N) is 4. The number of amides is 1. The zero-order chi connectivity index (χ0) is 16.9. The number of pyridine rings is 1. The first-order chi connectivity index (χ1) is 11.7. The van der Waals surface area contributed by atoms with E-state index < -0.39 is 0 Å². The SMILES string of the molecule is CC(C)c1ncncc1C(=O)N1CCCC(c2ccncc2)CC1. The van der Waals surface area contributed by atoms with Gasteiger partial charge < -0.3 is 4.90 Å². The van der Waals surface area contributed by atoms with E-state index in [0.717, 1.165) is 38.0 Å². The summed E-state index contributed by atoms with van der Waals surface area (Å²) in [7, 11) is 0. The second-order valence-electron chi connectivity index (χ2n) is 6.68. The van der Waals surface area contributed by atoms with Crippen LogP contribution in [0.1, 0.15) is 66.6 Å². The monoisotopic (exact) mass is 324 g/mol. The lowest BCUT2D eigenvalue weighted by molar-refractivity contribution is 0.0758. The molecule has 3 rings (SSSR count). The third kappa shape index (κ3) is 3.61. The molecule has 2 aromatic heterocycles. The van der Waals surface area contributed by atoms with Crippen LogP contribution in [-0.2, 0) is 0 Å². The minimum atomic E-state index is 0.0645. The Morgan fingerprint density at radius 2 is 1.96 bits per heavy atom. The Balaban J connectivity index is 1.73. The van der Waals surface area contributed by atoms with Crippen LogP contribution in [0.2, 0.25) is 0 Å². The Morgan fingerprint density at radius 3 is 2.71 bits per heavy atom. The van der Waals surface area contributed by atoms with Crippen molar-refractivity contribution in [1.29, 1.82) is 0 Å². The zero-order valence-electron chi connectivity index (χ0n) is 14.4. The summed E-state index contributed by atoms with van der Waals surface area (Å²) in [5.41, 5.74) is 2.81. The van der Waals surface area contributed by atoms with E-state index in [4.69, 9.17) is 0 Å². The van der Waals surface area contributed by atoms with Crippen LogP contribution in [0.4, 0.5) is 0 Å². The van der Waals surface area contributed by atoms with Crippen molar-refractivity contribution < 1.29 is 4.79 Å². The van der Waals surface area contributed by atoms with Crippen LogP contribution in [0.5, 0.6) is 0 Å². The summed E-state index contributed by atoms with van der Waals surface area (Å²) >= 11 is 0. The van der Waals surface area contributed by atoms with E-state index in [1.54, 1.807) is 6.20 Å². The molecule has 3 heterocycles. The molecule has 0 saturated carbocycles. The first-order valence-corrected chi connectivity index (χ1v) is 8.66. The maximum Gasteiger partial charge on any atom is 0.257 e. The Bertz CT molecular complexity index is 687. The highest BCUT2D eigenvalue weighted by Gasteiger charge is 2.25. The molecule has 24 heavy (non-hydrogen) atoms. The van der Waals surface area contributed by atoms with Crippen LogP contribution < -0.4 is 0 Å². The highest BCUT2D eigenvalue weighted by molar-refractivity contribution is 5.95. The lowest BCUT2D eigenvalue weighted by Crippen LogP contribution is -2.33. The highest BCUT2D eigenvalue weighted by atomic mass is 16.2. The second kappa shape index (κ2) is 7.51. The first-order valence-electron chi connectivity index (χ1n) is 8.66. The van der Waals surface area contributed by atoms with Crippen molar-refractivity contribution in [3.05, 3.63) is 53.9 Å². The molecule has 1 unspecified atom stereocenters. The van der Waals surface area contributed by atoms with Crippen molar-refractivity contribution >= 4 is 5.91 Å². The molecule has 0 N–H and O–H groups in total. The number of aromatic nitrogens is 3. The van der Waals surface area contributed by atoms with Gasteiger partial charge in [-0.15, -0.1) is 0 Å². The molecule has 1 atom stereocenters. The quantitative estimate of drug-likeness (QED) is 0.868. The average molecular weight is 324 g/mol. The Morgan fingerprint density at radius 1 is 1.17 bits per heavy atom. The number of hydrogen-bond donors (Lipinski definition) is 0. The van der Waals surface area contributed by atoms with Gasteiger partial charge in [-0.2, -0.15) is 0 Å². The molecule has 0 radical (unpaired) electrons. The van der Waals surface area contributed by atoms with Gasteiger partial charge in [-0.05, 0) is 48.8 Å². The van der Waals surface area contributed by atoms with E-state index in [0.29, 0.717) is 11.5 Å². The Hall–Kier alpha value is -2.30. The minimum Gasteiger partial charge on any atom is -0.339 e. The molecule has 5 heteroatoms. The summed E-state index contributed by atoms with van der Waals surface area (Å²) in [6.07, 6.45) is 9.99. The molecule has 1 amide bonds. The summed E-state index contributed by atoms with van der Waals surface area (Å²) in [4.78, 5) is 27.4. The van der Waals surface area contributed by atoms with Crippen molar-refractivity contribution in [2.24, 2.45) is 0 Å². The first kappa shape index (κ1) is 16.6. The van der Waals surface area contributed by atoms with Crippen molar-refractivity contribution in [3.63, 3.8) is 0 Å². The summed E-state index contributed by atoms with van der Waals surface area (Å²) in [5.74, 6) is 0.778. The molecule has 1 fully saturated rings. The van der Waals surface area contributed by atoms with Crippen molar-refractivity contribution in [2.45, 2.75) is 44.9 Å². The fourth-order valence-electron chi connectivity index (χ4n) is 3.40. The van der Waals surface area contributed by atoms with Gasteiger partial charge in [0.1, 0.15) is 6.33 Å². The maximum absolute atomic E-state index is 13.0. The van der Waals surface area contributed by atoms with E-state index in [-0.39, 0.29) is 11.8 Å². The van der Waals surface area contributed by atoms with E-state index >= 15 is 0 Å². The summed E-state index contributed by atoms with van der Waals surface area (Å²) in [6.45, 7) is 5.69. The van der Waals surface area contributed by atoms with E-state index in [9.17, 15) is 4.79 Å². The zero-order valence-corrected chi connectivity index (χ0v) is 14.4. The lowest BCUT2D eigenvalue weighted by atomic mass is 9.93. The maximum atomic E-state index is 13.0. The van der Waals surface area contributed by atoms with Gasteiger partial charge in [0.05, 0.1) is 11.3 Å². The minimum absolute atomic E-state index is 0.0645. The smallest absolute Gasteiger partial charge is 0.257 e. The molecule has 0 spiro atoms. The van der Waals surface area contributed by atoms with Gasteiger partial charge in [-0.3, -0.25) is 9.78 Å². The molecule has 126 valence electrons. The highest BCUT2D eigenvalue weighted by Crippen LogP contribution is 2.28. The van der Waals surface area contributed by atoms with Gasteiger partial charge in [0.15, 0.2) is 0 Å². The number of likely N-dealkylation sites (tertiary alicyclic amines) is 1. The molecule has 1 saturated heterocycles. The topological polar surface area (TPSA) is 59.0 Å². The normalized spacial score (nSPS) is 18.5. The van der Waals surface area contributed by atoms with E-state index in [1.165, 1.54) is 11.9 Å². The predicted octanol–water partition coefficient (Wildman–Crippen LogP) is 3.40. The summed E-state index contributed by atoms with van der Waals surface area (Å²) in [6, 6.07) is 4.17. The Labute approximate surface area is 143 Å². The summed E-state index contributed by atoms with van der Waals surface area (Å²) < 4.78 is 0. The predicted molar refractivity (Wildman–Crippen MR) is 92.9 cm³/mol. The van der Waals surface area contributed by atoms with E-state index in [1.807, 2.05) is 17.3 Å². The van der Waals surface area contributed by atoms with Crippen molar-refractivity contribution in [2.75, 3.05) is 13.1 Å². The van der Waals surface area contributed by atoms with Gasteiger partial charge in [0.2, 0.25) is 0 Å². The van der Waals surface area contributed by atoms with Crippen LogP contribution in [0.3, 0.4) is 0 Å². The third-order valence-corrected chi connectivity index (χ3v) is 4.71. The molecule has 1 aliphatic heterocycles. The summed E-state index contributed by atoms with van der Waals surface area (Å²) in [5, 5.41) is 0. The fourth-order valence-corrected chi connectivity index (χ4v) is 3.40. The van der Waals surface area contributed by atoms with Gasteiger partial charge in [-0.25, -0.2) is 9.97 Å². The van der Waals surface area contributed by atoms with Gasteiger partial charge in [-0.1, -0.05) is 13.8 Å². The molecule has 1 aliphatic rings. The molecular formula is C19H24N4O. The van der Waals surface area contributed by atoms with Crippen LogP contribution in [0.25, 0.3) is 0 Å². The molecule has 0 aliphatic carbocycles. The second-order valence-corrected chi connectivity index (χ2v) is 6.68. The largest absolute Gasteiger partial charge is 0.339 e. The van der Waals surface area contributed by atoms with Gasteiger partial charge in [0, 0.05) is 31.7 Å². The number of carbonyl (C=O) groups excluding carboxylic acids is 1. The Kier molecular flexibility index (Phi) is 5.18. The molecule has 0 aromatic carbocycles. The van der Waals surface area contributed by atoms with Crippen molar-refractivity contribution in [1.82, 2.24) is 19.9 Å². The molecule has 0 bridgehead atoms. The van der Waals surface area contributed by atoms with Crippen LogP contribution in [0, 0.1) is 0 Å². The van der Waals surface area contributed by atoms with Crippen LogP contribution in [-0.4, -0.2) is 38.8 Å². The lowest BCUT2D eigenvalue weighted by Gasteiger charge is -2.22. The number of hydrogen-bond acceptors (Lipinski definition) is 4. The molecule has 2 aromatic rings. The average Bonchev–Trinajstić information content (AvgIpc) is 2.88. The van der Waals surface area contributed by atoms with E-state index in [2.05, 4.69) is 40.9 Å². The van der Waals surface area contributed by atoms with Crippen LogP contribution in [0.15, 0.2) is 37.1 Å². The van der Waals surface area contributed by atoms with Crippen molar-refractivity contribution in [3.8, 4) is 0 Å². The number of carbonyl (C=O) groups is 1.